The standard InChI is InChI=1S/C9H18N2O6S/c1-6(7(12)16-5)10-18(14,15)11-8(13)17-9(2,3)4/h6,10H,1-5H3,(H,11,13)/t6-/m1/s1. The number of carbonyl (C=O) groups excluding carboxylic acids is 2. The van der Waals surface area contributed by atoms with E-state index in [1.165, 1.54) is 6.92 Å². The maximum atomic E-state index is 11.4. The molecule has 0 aromatic rings. The average molecular weight is 282 g/mol. The molecule has 0 spiro atoms. The second kappa shape index (κ2) is 6.01. The van der Waals surface area contributed by atoms with Crippen LogP contribution in [0, 0.1) is 0 Å². The monoisotopic (exact) mass is 282 g/mol. The molecule has 0 aliphatic rings. The highest BCUT2D eigenvalue weighted by Gasteiger charge is 2.25. The van der Waals surface area contributed by atoms with Gasteiger partial charge in [0.2, 0.25) is 0 Å². The van der Waals surface area contributed by atoms with Crippen molar-refractivity contribution in [1.29, 1.82) is 0 Å². The molecule has 8 nitrogen and oxygen atoms in total. The Balaban J connectivity index is 4.50. The fraction of sp³-hybridized carbons (Fsp3) is 0.778. The van der Waals surface area contributed by atoms with Gasteiger partial charge in [-0.2, -0.15) is 13.1 Å². The summed E-state index contributed by atoms with van der Waals surface area (Å²) in [5.74, 6) is -0.774. The van der Waals surface area contributed by atoms with E-state index < -0.39 is 33.9 Å². The van der Waals surface area contributed by atoms with Gasteiger partial charge in [-0.3, -0.25) is 4.79 Å². The molecular weight excluding hydrogens is 264 g/mol. The second-order valence-corrected chi connectivity index (χ2v) is 5.92. The molecule has 0 saturated heterocycles. The molecule has 0 rings (SSSR count). The molecule has 0 fully saturated rings. The molecule has 0 bridgehead atoms. The Morgan fingerprint density at radius 3 is 2.11 bits per heavy atom. The van der Waals surface area contributed by atoms with Crippen molar-refractivity contribution in [3.63, 3.8) is 0 Å². The van der Waals surface area contributed by atoms with Gasteiger partial charge in [-0.05, 0) is 27.7 Å². The van der Waals surface area contributed by atoms with Crippen LogP contribution >= 0.6 is 0 Å². The van der Waals surface area contributed by atoms with Gasteiger partial charge < -0.3 is 9.47 Å². The third-order valence-electron chi connectivity index (χ3n) is 1.50. The van der Waals surface area contributed by atoms with E-state index in [0.29, 0.717) is 0 Å². The number of hydrogen-bond acceptors (Lipinski definition) is 6. The van der Waals surface area contributed by atoms with Crippen LogP contribution in [0.25, 0.3) is 0 Å². The van der Waals surface area contributed by atoms with Crippen molar-refractivity contribution in [2.45, 2.75) is 39.3 Å². The van der Waals surface area contributed by atoms with Crippen LogP contribution in [0.5, 0.6) is 0 Å². The van der Waals surface area contributed by atoms with E-state index in [1.807, 2.05) is 4.72 Å². The highest BCUT2D eigenvalue weighted by molar-refractivity contribution is 7.88. The van der Waals surface area contributed by atoms with E-state index >= 15 is 0 Å². The predicted octanol–water partition coefficient (Wildman–Crippen LogP) is -0.0930. The van der Waals surface area contributed by atoms with E-state index in [9.17, 15) is 18.0 Å². The Hall–Kier alpha value is -1.35. The normalized spacial score (nSPS) is 13.6. The second-order valence-electron chi connectivity index (χ2n) is 4.47. The summed E-state index contributed by atoms with van der Waals surface area (Å²) in [5.41, 5.74) is -0.826. The quantitative estimate of drug-likeness (QED) is 0.697. The van der Waals surface area contributed by atoms with E-state index in [1.54, 1.807) is 25.5 Å². The molecule has 0 heterocycles. The average Bonchev–Trinajstić information content (AvgIpc) is 2.10. The summed E-state index contributed by atoms with van der Waals surface area (Å²) in [7, 11) is -3.06. The molecule has 0 aliphatic heterocycles. The Kier molecular flexibility index (Phi) is 5.55. The zero-order valence-corrected chi connectivity index (χ0v) is 11.8. The van der Waals surface area contributed by atoms with Crippen molar-refractivity contribution in [1.82, 2.24) is 9.44 Å². The number of nitrogens with one attached hydrogen (secondary N) is 2. The lowest BCUT2D eigenvalue weighted by Gasteiger charge is -2.20. The van der Waals surface area contributed by atoms with E-state index in [0.717, 1.165) is 7.11 Å². The van der Waals surface area contributed by atoms with Crippen LogP contribution in [0.1, 0.15) is 27.7 Å². The number of methoxy groups -OCH3 is 1. The molecule has 1 amide bonds. The molecule has 1 atom stereocenters. The molecule has 9 heteroatoms. The SMILES string of the molecule is COC(=O)[C@@H](C)NS(=O)(=O)NC(=O)OC(C)(C)C. The van der Waals surface area contributed by atoms with Crippen molar-refractivity contribution in [2.75, 3.05) is 7.11 Å². The first kappa shape index (κ1) is 16.6. The van der Waals surface area contributed by atoms with E-state index in [-0.39, 0.29) is 0 Å². The first-order chi connectivity index (χ1) is 7.97. The van der Waals surface area contributed by atoms with Gasteiger partial charge in [0.15, 0.2) is 0 Å². The van der Waals surface area contributed by atoms with Crippen LogP contribution in [0.3, 0.4) is 0 Å². The molecule has 0 aromatic heterocycles. The zero-order valence-electron chi connectivity index (χ0n) is 10.9. The minimum absolute atomic E-state index is 0.774. The summed E-state index contributed by atoms with van der Waals surface area (Å²) in [6.07, 6.45) is -1.13. The summed E-state index contributed by atoms with van der Waals surface area (Å²) in [4.78, 5) is 22.2. The lowest BCUT2D eigenvalue weighted by atomic mass is 10.2. The summed E-state index contributed by atoms with van der Waals surface area (Å²) in [5, 5.41) is 0. The number of carbonyl (C=O) groups is 2. The fourth-order valence-electron chi connectivity index (χ4n) is 0.896. The number of amides is 1. The molecule has 0 aromatic carbocycles. The maximum absolute atomic E-state index is 11.4. The third-order valence-corrected chi connectivity index (χ3v) is 2.60. The molecule has 18 heavy (non-hydrogen) atoms. The topological polar surface area (TPSA) is 111 Å². The first-order valence-corrected chi connectivity index (χ1v) is 6.56. The van der Waals surface area contributed by atoms with Crippen LogP contribution in [-0.4, -0.2) is 39.2 Å². The fourth-order valence-corrected chi connectivity index (χ4v) is 1.78. The zero-order chi connectivity index (χ0) is 14.6. The van der Waals surface area contributed by atoms with Gasteiger partial charge in [0.05, 0.1) is 7.11 Å². The van der Waals surface area contributed by atoms with Crippen molar-refractivity contribution in [3.8, 4) is 0 Å². The van der Waals surface area contributed by atoms with Crippen LogP contribution < -0.4 is 9.44 Å². The summed E-state index contributed by atoms with van der Waals surface area (Å²) < 4.78 is 35.5. The van der Waals surface area contributed by atoms with Gasteiger partial charge in [-0.1, -0.05) is 0 Å². The predicted molar refractivity (Wildman–Crippen MR) is 62.9 cm³/mol. The van der Waals surface area contributed by atoms with Crippen molar-refractivity contribution >= 4 is 22.3 Å². The largest absolute Gasteiger partial charge is 0.468 e. The van der Waals surface area contributed by atoms with Gasteiger partial charge in [0.1, 0.15) is 11.6 Å². The van der Waals surface area contributed by atoms with E-state index in [2.05, 4.69) is 4.74 Å². The van der Waals surface area contributed by atoms with Gasteiger partial charge >= 0.3 is 22.3 Å². The third kappa shape index (κ3) is 7.07. The Labute approximate surface area is 106 Å². The summed E-state index contributed by atoms with van der Waals surface area (Å²) >= 11 is 0. The van der Waals surface area contributed by atoms with Gasteiger partial charge in [0, 0.05) is 0 Å². The number of hydrogen-bond donors (Lipinski definition) is 2. The van der Waals surface area contributed by atoms with Crippen molar-refractivity contribution < 1.29 is 27.5 Å². The highest BCUT2D eigenvalue weighted by Crippen LogP contribution is 2.06. The molecule has 0 radical (unpaired) electrons. The summed E-state index contributed by atoms with van der Waals surface area (Å²) in [6.45, 7) is 6.04. The highest BCUT2D eigenvalue weighted by atomic mass is 32.2. The number of ether oxygens (including phenoxy) is 2. The minimum atomic E-state index is -4.18. The molecule has 2 N–H and O–H groups in total. The van der Waals surface area contributed by atoms with Crippen molar-refractivity contribution in [2.24, 2.45) is 0 Å². The number of esters is 1. The molecule has 0 saturated carbocycles. The first-order valence-electron chi connectivity index (χ1n) is 5.08. The Morgan fingerprint density at radius 1 is 1.22 bits per heavy atom. The number of rotatable bonds is 4. The Morgan fingerprint density at radius 2 is 1.72 bits per heavy atom. The molecule has 106 valence electrons. The van der Waals surface area contributed by atoms with Crippen LogP contribution in [-0.2, 0) is 24.5 Å². The van der Waals surface area contributed by atoms with Crippen LogP contribution in [0.2, 0.25) is 0 Å². The van der Waals surface area contributed by atoms with Crippen LogP contribution in [0.15, 0.2) is 0 Å². The smallest absolute Gasteiger partial charge is 0.422 e. The lowest BCUT2D eigenvalue weighted by molar-refractivity contribution is -0.142. The molecule has 0 unspecified atom stereocenters. The maximum Gasteiger partial charge on any atom is 0.422 e. The van der Waals surface area contributed by atoms with Crippen molar-refractivity contribution in [3.05, 3.63) is 0 Å². The minimum Gasteiger partial charge on any atom is -0.468 e. The molecule has 0 aliphatic carbocycles. The Bertz CT molecular complexity index is 411. The van der Waals surface area contributed by atoms with Gasteiger partial charge in [-0.15, -0.1) is 0 Å². The van der Waals surface area contributed by atoms with E-state index in [4.69, 9.17) is 4.74 Å². The lowest BCUT2D eigenvalue weighted by Crippen LogP contribution is -2.48. The van der Waals surface area contributed by atoms with Gasteiger partial charge in [0.25, 0.3) is 0 Å². The van der Waals surface area contributed by atoms with Crippen LogP contribution in [0.4, 0.5) is 4.79 Å². The van der Waals surface area contributed by atoms with Gasteiger partial charge in [-0.25, -0.2) is 9.52 Å². The molecular formula is C9H18N2O6S. The summed E-state index contributed by atoms with van der Waals surface area (Å²) in [6, 6.07) is -1.12.